The highest BCUT2D eigenvalue weighted by molar-refractivity contribution is 6.09. The van der Waals surface area contributed by atoms with Gasteiger partial charge in [-0.25, -0.2) is 0 Å². The Morgan fingerprint density at radius 2 is 1.17 bits per heavy atom. The first-order valence-electron chi connectivity index (χ1n) is 14.3. The van der Waals surface area contributed by atoms with Gasteiger partial charge in [0, 0.05) is 60.8 Å². The van der Waals surface area contributed by atoms with Gasteiger partial charge in [-0.2, -0.15) is 0 Å². The number of ketones is 3. The van der Waals surface area contributed by atoms with Crippen molar-refractivity contribution < 1.29 is 23.9 Å². The van der Waals surface area contributed by atoms with Gasteiger partial charge in [-0.05, 0) is 38.5 Å². The largest absolute Gasteiger partial charge is 0.465 e. The first kappa shape index (κ1) is 26.6. The average Bonchev–Trinajstić information content (AvgIpc) is 3.47. The Bertz CT molecular complexity index is 914. The maximum atomic E-state index is 14.2. The molecule has 4 aliphatic rings. The summed E-state index contributed by atoms with van der Waals surface area (Å²) in [6.45, 7) is 4.38. The molecule has 0 aromatic heterocycles. The van der Waals surface area contributed by atoms with E-state index in [1.807, 2.05) is 0 Å². The summed E-state index contributed by atoms with van der Waals surface area (Å²) in [5, 5.41) is 0. The summed E-state index contributed by atoms with van der Waals surface area (Å²) in [5.74, 6) is 3.70. The van der Waals surface area contributed by atoms with Crippen molar-refractivity contribution in [3.05, 3.63) is 46.3 Å². The van der Waals surface area contributed by atoms with Crippen molar-refractivity contribution in [2.75, 3.05) is 0 Å². The molecule has 0 radical (unpaired) electrons. The van der Waals surface area contributed by atoms with Crippen LogP contribution in [-0.4, -0.2) is 17.3 Å². The maximum absolute atomic E-state index is 14.2. The fraction of sp³-hybridized carbons (Fsp3) is 0.645. The SMILES string of the molecule is CCCCCC/C(C(=O)/C(CCCCCC)=C1\CC2CCC(=O)C=C2O1)=C1/CC2CCC(=O)C=C2O1. The van der Waals surface area contributed by atoms with Gasteiger partial charge in [0.1, 0.15) is 23.0 Å². The number of unbranched alkanes of at least 4 members (excludes halogenated alkanes) is 6. The van der Waals surface area contributed by atoms with Crippen LogP contribution in [-0.2, 0) is 23.9 Å². The van der Waals surface area contributed by atoms with Gasteiger partial charge in [-0.1, -0.05) is 52.4 Å². The molecule has 196 valence electrons. The van der Waals surface area contributed by atoms with Gasteiger partial charge in [0.25, 0.3) is 0 Å². The van der Waals surface area contributed by atoms with Crippen molar-refractivity contribution in [1.82, 2.24) is 0 Å². The molecule has 2 fully saturated rings. The van der Waals surface area contributed by atoms with Crippen LogP contribution in [0.1, 0.15) is 117 Å². The summed E-state index contributed by atoms with van der Waals surface area (Å²) >= 11 is 0. The van der Waals surface area contributed by atoms with Gasteiger partial charge in [0.15, 0.2) is 17.3 Å². The van der Waals surface area contributed by atoms with E-state index in [1.54, 1.807) is 12.2 Å². The van der Waals surface area contributed by atoms with Crippen molar-refractivity contribution in [3.63, 3.8) is 0 Å². The first-order chi connectivity index (χ1) is 17.5. The number of allylic oxidation sites excluding steroid dienone is 8. The Morgan fingerprint density at radius 1 is 0.722 bits per heavy atom. The van der Waals surface area contributed by atoms with Crippen molar-refractivity contribution in [3.8, 4) is 0 Å². The molecule has 2 aliphatic heterocycles. The molecule has 0 spiro atoms. The van der Waals surface area contributed by atoms with E-state index < -0.39 is 0 Å². The minimum Gasteiger partial charge on any atom is -0.465 e. The highest BCUT2D eigenvalue weighted by Crippen LogP contribution is 2.44. The molecule has 0 aromatic rings. The third-order valence-corrected chi connectivity index (χ3v) is 8.02. The normalized spacial score (nSPS) is 25.9. The van der Waals surface area contributed by atoms with Gasteiger partial charge < -0.3 is 9.47 Å². The molecule has 0 amide bonds. The van der Waals surface area contributed by atoms with Crippen LogP contribution in [0.3, 0.4) is 0 Å². The number of hydrogen-bond acceptors (Lipinski definition) is 5. The van der Waals surface area contributed by atoms with Gasteiger partial charge >= 0.3 is 0 Å². The minimum atomic E-state index is 0.0594. The second-order valence-corrected chi connectivity index (χ2v) is 10.9. The fourth-order valence-corrected chi connectivity index (χ4v) is 5.83. The molecule has 0 saturated carbocycles. The van der Waals surface area contributed by atoms with E-state index in [0.29, 0.717) is 38.5 Å². The van der Waals surface area contributed by atoms with Crippen LogP contribution in [0.2, 0.25) is 0 Å². The minimum absolute atomic E-state index is 0.0594. The number of hydrogen-bond donors (Lipinski definition) is 0. The summed E-state index contributed by atoms with van der Waals surface area (Å²) in [6, 6.07) is 0. The van der Waals surface area contributed by atoms with Crippen molar-refractivity contribution in [2.24, 2.45) is 11.8 Å². The van der Waals surface area contributed by atoms with E-state index in [9.17, 15) is 14.4 Å². The Balaban J connectivity index is 1.64. The molecule has 2 atom stereocenters. The Morgan fingerprint density at radius 3 is 1.58 bits per heavy atom. The number of carbonyl (C=O) groups excluding carboxylic acids is 3. The monoisotopic (exact) mass is 494 g/mol. The van der Waals surface area contributed by atoms with E-state index in [2.05, 4.69) is 13.8 Å². The Hall–Kier alpha value is -2.43. The summed E-state index contributed by atoms with van der Waals surface area (Å²) in [7, 11) is 0. The van der Waals surface area contributed by atoms with E-state index in [0.717, 1.165) is 98.4 Å². The molecule has 2 unspecified atom stereocenters. The maximum Gasteiger partial charge on any atom is 0.191 e. The smallest absolute Gasteiger partial charge is 0.191 e. The first-order valence-corrected chi connectivity index (χ1v) is 14.3. The highest BCUT2D eigenvalue weighted by Gasteiger charge is 2.37. The van der Waals surface area contributed by atoms with Gasteiger partial charge in [0.2, 0.25) is 0 Å². The summed E-state index contributed by atoms with van der Waals surface area (Å²) < 4.78 is 12.4. The molecule has 36 heavy (non-hydrogen) atoms. The van der Waals surface area contributed by atoms with E-state index in [4.69, 9.17) is 9.47 Å². The molecule has 5 heteroatoms. The number of carbonyl (C=O) groups is 3. The fourth-order valence-electron chi connectivity index (χ4n) is 5.83. The standard InChI is InChI=1S/C31H42O5/c1-3-5-7-9-11-25(29-17-21-13-15-23(32)19-27(21)35-29)31(34)26(12-10-8-6-4-2)30-18-22-14-16-24(33)20-28(22)36-30/h19-22H,3-18H2,1-2H3/b29-25+,30-26+. The zero-order valence-corrected chi connectivity index (χ0v) is 22.2. The highest BCUT2D eigenvalue weighted by atomic mass is 16.5. The van der Waals surface area contributed by atoms with E-state index in [1.165, 1.54) is 0 Å². The van der Waals surface area contributed by atoms with Crippen molar-refractivity contribution >= 4 is 17.3 Å². The second kappa shape index (κ2) is 12.7. The third kappa shape index (κ3) is 6.46. The summed E-state index contributed by atoms with van der Waals surface area (Å²) in [4.78, 5) is 38.2. The molecular formula is C31H42O5. The van der Waals surface area contributed by atoms with Crippen molar-refractivity contribution in [2.45, 2.75) is 117 Å². The van der Waals surface area contributed by atoms with Gasteiger partial charge in [-0.15, -0.1) is 0 Å². The number of ether oxygens (including phenoxy) is 2. The lowest BCUT2D eigenvalue weighted by atomic mass is 9.87. The van der Waals surface area contributed by atoms with E-state index in [-0.39, 0.29) is 29.2 Å². The zero-order valence-electron chi connectivity index (χ0n) is 22.2. The van der Waals surface area contributed by atoms with Crippen LogP contribution in [0.15, 0.2) is 46.3 Å². The number of Topliss-reactive ketones (excluding diaryl/α,β-unsaturated/α-hetero) is 1. The lowest BCUT2D eigenvalue weighted by Gasteiger charge is -2.15. The molecule has 0 aromatic carbocycles. The average molecular weight is 495 g/mol. The summed E-state index contributed by atoms with van der Waals surface area (Å²) in [6.07, 6.45) is 17.4. The molecule has 0 bridgehead atoms. The molecule has 0 N–H and O–H groups in total. The number of rotatable bonds is 12. The molecular weight excluding hydrogens is 452 g/mol. The molecule has 5 nitrogen and oxygen atoms in total. The lowest BCUT2D eigenvalue weighted by molar-refractivity contribution is -0.116. The van der Waals surface area contributed by atoms with Crippen LogP contribution in [0.4, 0.5) is 0 Å². The second-order valence-electron chi connectivity index (χ2n) is 10.9. The van der Waals surface area contributed by atoms with Crippen LogP contribution in [0.25, 0.3) is 0 Å². The molecule has 4 rings (SSSR count). The predicted octanol–water partition coefficient (Wildman–Crippen LogP) is 7.57. The summed E-state index contributed by atoms with van der Waals surface area (Å²) in [5.41, 5.74) is 1.55. The number of fused-ring (bicyclic) bond motifs is 2. The van der Waals surface area contributed by atoms with Gasteiger partial charge in [0.05, 0.1) is 0 Å². The lowest BCUT2D eigenvalue weighted by Crippen LogP contribution is -2.12. The molecule has 2 aliphatic carbocycles. The van der Waals surface area contributed by atoms with Gasteiger partial charge in [-0.3, -0.25) is 14.4 Å². The Labute approximate surface area is 216 Å². The van der Waals surface area contributed by atoms with Crippen LogP contribution in [0, 0.1) is 11.8 Å². The van der Waals surface area contributed by atoms with Crippen LogP contribution in [0.5, 0.6) is 0 Å². The predicted molar refractivity (Wildman–Crippen MR) is 140 cm³/mol. The van der Waals surface area contributed by atoms with Crippen LogP contribution < -0.4 is 0 Å². The third-order valence-electron chi connectivity index (χ3n) is 8.02. The molecule has 2 heterocycles. The topological polar surface area (TPSA) is 69.7 Å². The zero-order chi connectivity index (χ0) is 25.5. The van der Waals surface area contributed by atoms with E-state index >= 15 is 0 Å². The quantitative estimate of drug-likeness (QED) is 0.207. The van der Waals surface area contributed by atoms with Crippen LogP contribution >= 0.6 is 0 Å². The molecule has 2 saturated heterocycles. The van der Waals surface area contributed by atoms with Crippen molar-refractivity contribution in [1.29, 1.82) is 0 Å². The Kier molecular flexibility index (Phi) is 9.39.